The van der Waals surface area contributed by atoms with Gasteiger partial charge in [0.15, 0.2) is 6.79 Å². The lowest BCUT2D eigenvalue weighted by molar-refractivity contribution is -0.121. The normalized spacial score (nSPS) is 15.7. The van der Waals surface area contributed by atoms with Crippen molar-refractivity contribution in [2.75, 3.05) is 6.79 Å². The van der Waals surface area contributed by atoms with Gasteiger partial charge in [0.2, 0.25) is 5.91 Å². The third-order valence-electron chi connectivity index (χ3n) is 3.11. The highest BCUT2D eigenvalue weighted by molar-refractivity contribution is 7.99. The van der Waals surface area contributed by atoms with Crippen molar-refractivity contribution >= 4 is 17.7 Å². The molecule has 0 spiro atoms. The van der Waals surface area contributed by atoms with Crippen molar-refractivity contribution in [3.05, 3.63) is 29.1 Å². The molecule has 1 atom stereocenters. The number of benzene rings is 1. The number of nitrogens with one attached hydrogen (secondary N) is 1. The fourth-order valence-corrected chi connectivity index (χ4v) is 2.98. The second-order valence-corrected chi connectivity index (χ2v) is 7.69. The van der Waals surface area contributed by atoms with E-state index in [0.717, 1.165) is 5.56 Å². The van der Waals surface area contributed by atoms with Crippen molar-refractivity contribution in [3.8, 4) is 5.75 Å². The van der Waals surface area contributed by atoms with Crippen LogP contribution < -0.4 is 10.1 Å². The van der Waals surface area contributed by atoms with Crippen LogP contribution in [0.1, 0.15) is 38.8 Å². The van der Waals surface area contributed by atoms with Gasteiger partial charge in [-0.2, -0.15) is 0 Å². The zero-order chi connectivity index (χ0) is 16.3. The molecule has 1 amide bonds. The van der Waals surface area contributed by atoms with Crippen molar-refractivity contribution < 1.29 is 18.7 Å². The van der Waals surface area contributed by atoms with Crippen LogP contribution >= 0.6 is 11.8 Å². The Kier molecular flexibility index (Phi) is 5.34. The first-order valence-electron chi connectivity index (χ1n) is 7.22. The van der Waals surface area contributed by atoms with Crippen LogP contribution in [0.15, 0.2) is 12.1 Å². The zero-order valence-electron chi connectivity index (χ0n) is 13.4. The molecule has 122 valence electrons. The highest BCUT2D eigenvalue weighted by Gasteiger charge is 2.22. The van der Waals surface area contributed by atoms with Crippen molar-refractivity contribution in [1.82, 2.24) is 5.32 Å². The SMILES string of the molecule is C[C@@H](SCc1cc(F)cc2c1OCOC2)C(=O)NC(C)(C)C. The molecule has 0 fully saturated rings. The Bertz CT molecular complexity index is 557. The van der Waals surface area contributed by atoms with Crippen LogP contribution in [-0.2, 0) is 21.9 Å². The number of halogens is 1. The quantitative estimate of drug-likeness (QED) is 0.922. The van der Waals surface area contributed by atoms with E-state index in [9.17, 15) is 9.18 Å². The number of carbonyl (C=O) groups excluding carboxylic acids is 1. The van der Waals surface area contributed by atoms with Crippen molar-refractivity contribution in [2.45, 2.75) is 50.8 Å². The maximum Gasteiger partial charge on any atom is 0.233 e. The van der Waals surface area contributed by atoms with Gasteiger partial charge in [-0.1, -0.05) is 0 Å². The van der Waals surface area contributed by atoms with Crippen LogP contribution in [0.4, 0.5) is 4.39 Å². The molecule has 6 heteroatoms. The van der Waals surface area contributed by atoms with Crippen LogP contribution in [0.2, 0.25) is 0 Å². The van der Waals surface area contributed by atoms with Gasteiger partial charge in [-0.3, -0.25) is 4.79 Å². The fraction of sp³-hybridized carbons (Fsp3) is 0.562. The van der Waals surface area contributed by atoms with Gasteiger partial charge >= 0.3 is 0 Å². The molecule has 1 aromatic rings. The predicted molar refractivity (Wildman–Crippen MR) is 85.3 cm³/mol. The average molecular weight is 327 g/mol. The molecule has 2 rings (SSSR count). The molecule has 0 unspecified atom stereocenters. The molecule has 1 aliphatic rings. The number of fused-ring (bicyclic) bond motifs is 1. The summed E-state index contributed by atoms with van der Waals surface area (Å²) < 4.78 is 24.3. The number of hydrogen-bond donors (Lipinski definition) is 1. The molecule has 0 bridgehead atoms. The Labute approximate surface area is 134 Å². The van der Waals surface area contributed by atoms with E-state index in [-0.39, 0.29) is 29.3 Å². The van der Waals surface area contributed by atoms with E-state index in [4.69, 9.17) is 9.47 Å². The summed E-state index contributed by atoms with van der Waals surface area (Å²) in [5, 5.41) is 2.72. The van der Waals surface area contributed by atoms with E-state index >= 15 is 0 Å². The fourth-order valence-electron chi connectivity index (χ4n) is 2.13. The van der Waals surface area contributed by atoms with Crippen molar-refractivity contribution in [3.63, 3.8) is 0 Å². The third-order valence-corrected chi connectivity index (χ3v) is 4.30. The van der Waals surface area contributed by atoms with E-state index in [0.29, 0.717) is 23.7 Å². The van der Waals surface area contributed by atoms with Gasteiger partial charge in [0.25, 0.3) is 0 Å². The lowest BCUT2D eigenvalue weighted by Gasteiger charge is -2.24. The summed E-state index contributed by atoms with van der Waals surface area (Å²) >= 11 is 1.46. The molecular formula is C16H22FNO3S. The number of thioether (sulfide) groups is 1. The van der Waals surface area contributed by atoms with Gasteiger partial charge in [0, 0.05) is 22.4 Å². The maximum absolute atomic E-state index is 13.7. The maximum atomic E-state index is 13.7. The van der Waals surface area contributed by atoms with Crippen molar-refractivity contribution in [1.29, 1.82) is 0 Å². The summed E-state index contributed by atoms with van der Waals surface area (Å²) in [5.41, 5.74) is 1.22. The first-order valence-corrected chi connectivity index (χ1v) is 8.26. The standard InChI is InChI=1S/C16H22FNO3S/c1-10(15(19)18-16(2,3)4)22-8-12-6-13(17)5-11-7-20-9-21-14(11)12/h5-6,10H,7-9H2,1-4H3,(H,18,19)/t10-/m1/s1. The van der Waals surface area contributed by atoms with Gasteiger partial charge in [0.05, 0.1) is 11.9 Å². The Morgan fingerprint density at radius 3 is 2.86 bits per heavy atom. The van der Waals surface area contributed by atoms with E-state index in [1.54, 1.807) is 0 Å². The summed E-state index contributed by atoms with van der Waals surface area (Å²) in [4.78, 5) is 12.1. The Morgan fingerprint density at radius 2 is 2.18 bits per heavy atom. The van der Waals surface area contributed by atoms with Gasteiger partial charge in [-0.15, -0.1) is 11.8 Å². The Morgan fingerprint density at radius 1 is 1.45 bits per heavy atom. The Hall–Kier alpha value is -1.27. The second kappa shape index (κ2) is 6.87. The highest BCUT2D eigenvalue weighted by atomic mass is 32.2. The molecule has 0 saturated heterocycles. The molecule has 0 saturated carbocycles. The van der Waals surface area contributed by atoms with E-state index in [2.05, 4.69) is 5.32 Å². The van der Waals surface area contributed by atoms with Crippen LogP contribution in [-0.4, -0.2) is 23.5 Å². The molecule has 0 radical (unpaired) electrons. The zero-order valence-corrected chi connectivity index (χ0v) is 14.2. The van der Waals surface area contributed by atoms with Gasteiger partial charge < -0.3 is 14.8 Å². The topological polar surface area (TPSA) is 47.6 Å². The lowest BCUT2D eigenvalue weighted by atomic mass is 10.1. The predicted octanol–water partition coefficient (Wildman–Crippen LogP) is 3.23. The summed E-state index contributed by atoms with van der Waals surface area (Å²) in [6.45, 7) is 8.21. The molecule has 4 nitrogen and oxygen atoms in total. The molecular weight excluding hydrogens is 305 g/mol. The second-order valence-electron chi connectivity index (χ2n) is 6.36. The van der Waals surface area contributed by atoms with E-state index in [1.165, 1.54) is 23.9 Å². The molecule has 22 heavy (non-hydrogen) atoms. The monoisotopic (exact) mass is 327 g/mol. The van der Waals surface area contributed by atoms with Crippen LogP contribution in [0.3, 0.4) is 0 Å². The van der Waals surface area contributed by atoms with Gasteiger partial charge in [-0.05, 0) is 39.8 Å². The largest absolute Gasteiger partial charge is 0.467 e. The van der Waals surface area contributed by atoms with Gasteiger partial charge in [-0.25, -0.2) is 4.39 Å². The molecule has 0 aromatic heterocycles. The number of amides is 1. The van der Waals surface area contributed by atoms with Crippen LogP contribution in [0, 0.1) is 5.82 Å². The first kappa shape index (κ1) is 17.1. The molecule has 1 aliphatic heterocycles. The minimum absolute atomic E-state index is 0.0213. The summed E-state index contributed by atoms with van der Waals surface area (Å²) in [6, 6.07) is 2.89. The van der Waals surface area contributed by atoms with Crippen LogP contribution in [0.25, 0.3) is 0 Å². The lowest BCUT2D eigenvalue weighted by Crippen LogP contribution is -2.44. The smallest absolute Gasteiger partial charge is 0.233 e. The van der Waals surface area contributed by atoms with E-state index < -0.39 is 0 Å². The molecule has 1 heterocycles. The number of rotatable bonds is 4. The number of hydrogen-bond acceptors (Lipinski definition) is 4. The van der Waals surface area contributed by atoms with Crippen LogP contribution in [0.5, 0.6) is 5.75 Å². The summed E-state index contributed by atoms with van der Waals surface area (Å²) in [5.74, 6) is 0.865. The molecule has 0 aliphatic carbocycles. The first-order chi connectivity index (χ1) is 10.3. The minimum atomic E-state index is -0.310. The molecule has 1 N–H and O–H groups in total. The third kappa shape index (κ3) is 4.61. The van der Waals surface area contributed by atoms with Gasteiger partial charge in [0.1, 0.15) is 11.6 Å². The summed E-state index contributed by atoms with van der Waals surface area (Å²) in [7, 11) is 0. The number of ether oxygens (including phenoxy) is 2. The summed E-state index contributed by atoms with van der Waals surface area (Å²) in [6.07, 6.45) is 0. The highest BCUT2D eigenvalue weighted by Crippen LogP contribution is 2.32. The average Bonchev–Trinajstić information content (AvgIpc) is 2.42. The van der Waals surface area contributed by atoms with E-state index in [1.807, 2.05) is 27.7 Å². The van der Waals surface area contributed by atoms with Crippen molar-refractivity contribution in [2.24, 2.45) is 0 Å². The Balaban J connectivity index is 2.02. The number of carbonyl (C=O) groups is 1. The minimum Gasteiger partial charge on any atom is -0.467 e. The molecule has 1 aromatic carbocycles.